The molecule has 4 atom stereocenters. The third kappa shape index (κ3) is 5.93. The Morgan fingerprint density at radius 1 is 0.957 bits per heavy atom. The van der Waals surface area contributed by atoms with Crippen LogP contribution >= 0.6 is 0 Å². The van der Waals surface area contributed by atoms with Gasteiger partial charge in [-0.1, -0.05) is 23.8 Å². The summed E-state index contributed by atoms with van der Waals surface area (Å²) in [4.78, 5) is 32.2. The van der Waals surface area contributed by atoms with E-state index in [2.05, 4.69) is 4.98 Å². The number of rotatable bonds is 6. The number of ether oxygens (including phenoxy) is 1. The number of carbonyl (C=O) groups excluding carboxylic acids is 2. The number of phenols is 1. The number of benzene rings is 2. The lowest BCUT2D eigenvalue weighted by atomic mass is 9.70. The van der Waals surface area contributed by atoms with E-state index in [0.717, 1.165) is 28.0 Å². The maximum absolute atomic E-state index is 13.7. The SMILES string of the molecule is CC1=C2[C@@H](CC/C(=C/c3cccc(O)c3)c3ccccn3)OC[C@@H]2[C@@H]2C(=O)N(c3cc(C(F)(F)F)cc(C(F)(F)F)c3)C(=O)[C@@H]2C1. The number of hydrogen-bond donors (Lipinski definition) is 1. The van der Waals surface area contributed by atoms with Crippen LogP contribution in [0.4, 0.5) is 32.0 Å². The van der Waals surface area contributed by atoms with E-state index in [9.17, 15) is 41.0 Å². The second-order valence-electron chi connectivity index (χ2n) is 11.8. The molecule has 12 heteroatoms. The number of amides is 2. The molecule has 1 aliphatic carbocycles. The topological polar surface area (TPSA) is 79.7 Å². The van der Waals surface area contributed by atoms with Gasteiger partial charge in [0.2, 0.25) is 11.8 Å². The van der Waals surface area contributed by atoms with Crippen LogP contribution in [0.1, 0.15) is 48.6 Å². The van der Waals surface area contributed by atoms with Gasteiger partial charge in [0.25, 0.3) is 0 Å². The summed E-state index contributed by atoms with van der Waals surface area (Å²) in [6.07, 6.45) is -5.99. The highest BCUT2D eigenvalue weighted by molar-refractivity contribution is 6.22. The number of fused-ring (bicyclic) bond motifs is 3. The minimum absolute atomic E-state index is 0.0328. The van der Waals surface area contributed by atoms with Gasteiger partial charge >= 0.3 is 12.4 Å². The van der Waals surface area contributed by atoms with Crippen LogP contribution in [0.2, 0.25) is 0 Å². The second kappa shape index (κ2) is 11.7. The monoisotopic (exact) mass is 642 g/mol. The van der Waals surface area contributed by atoms with Crippen molar-refractivity contribution in [1.82, 2.24) is 4.98 Å². The molecule has 0 spiro atoms. The summed E-state index contributed by atoms with van der Waals surface area (Å²) in [6.45, 7) is 1.89. The summed E-state index contributed by atoms with van der Waals surface area (Å²) in [5, 5.41) is 9.94. The lowest BCUT2D eigenvalue weighted by molar-refractivity contribution is -0.143. The third-order valence-electron chi connectivity index (χ3n) is 8.86. The number of nitrogens with zero attached hydrogens (tertiary/aromatic N) is 2. The van der Waals surface area contributed by atoms with Gasteiger partial charge in [-0.2, -0.15) is 26.3 Å². The highest BCUT2D eigenvalue weighted by Crippen LogP contribution is 2.51. The van der Waals surface area contributed by atoms with Crippen LogP contribution in [0.5, 0.6) is 5.75 Å². The molecule has 240 valence electrons. The predicted octanol–water partition coefficient (Wildman–Crippen LogP) is 7.69. The van der Waals surface area contributed by atoms with Gasteiger partial charge in [0.15, 0.2) is 0 Å². The molecule has 2 aliphatic heterocycles. The lowest BCUT2D eigenvalue weighted by Gasteiger charge is -2.30. The molecule has 6 nitrogen and oxygen atoms in total. The van der Waals surface area contributed by atoms with Crippen molar-refractivity contribution in [1.29, 1.82) is 0 Å². The maximum Gasteiger partial charge on any atom is 0.416 e. The lowest BCUT2D eigenvalue weighted by Crippen LogP contribution is -2.34. The average molecular weight is 643 g/mol. The molecule has 46 heavy (non-hydrogen) atoms. The van der Waals surface area contributed by atoms with Crippen molar-refractivity contribution in [3.8, 4) is 5.75 Å². The van der Waals surface area contributed by atoms with Gasteiger partial charge in [-0.05, 0) is 91.4 Å². The van der Waals surface area contributed by atoms with Crippen LogP contribution in [0.3, 0.4) is 0 Å². The largest absolute Gasteiger partial charge is 0.508 e. The van der Waals surface area contributed by atoms with Crippen molar-refractivity contribution in [3.05, 3.63) is 100 Å². The van der Waals surface area contributed by atoms with E-state index in [-0.39, 0.29) is 24.8 Å². The van der Waals surface area contributed by atoms with Crippen LogP contribution in [0.15, 0.2) is 78.0 Å². The fraction of sp³-hybridized carbons (Fsp3) is 0.324. The van der Waals surface area contributed by atoms with Crippen molar-refractivity contribution >= 4 is 29.2 Å². The number of carbonyl (C=O) groups is 2. The minimum Gasteiger partial charge on any atom is -0.508 e. The van der Waals surface area contributed by atoms with E-state index in [1.165, 1.54) is 0 Å². The molecule has 1 N–H and O–H groups in total. The fourth-order valence-corrected chi connectivity index (χ4v) is 6.88. The number of phenolic OH excluding ortho intramolecular Hbond substituents is 1. The Morgan fingerprint density at radius 3 is 2.30 bits per heavy atom. The average Bonchev–Trinajstić information content (AvgIpc) is 3.53. The summed E-state index contributed by atoms with van der Waals surface area (Å²) < 4.78 is 87.5. The fourth-order valence-electron chi connectivity index (χ4n) is 6.88. The summed E-state index contributed by atoms with van der Waals surface area (Å²) in [5.74, 6) is -4.00. The van der Waals surface area contributed by atoms with E-state index < -0.39 is 64.8 Å². The molecule has 1 aromatic heterocycles. The maximum atomic E-state index is 13.7. The molecule has 0 radical (unpaired) electrons. The Morgan fingerprint density at radius 2 is 1.67 bits per heavy atom. The number of aromatic hydroxyl groups is 1. The first kappa shape index (κ1) is 31.5. The van der Waals surface area contributed by atoms with Crippen molar-refractivity contribution in [2.45, 2.75) is 44.6 Å². The summed E-state index contributed by atoms with van der Waals surface area (Å²) in [7, 11) is 0. The van der Waals surface area contributed by atoms with Gasteiger partial charge in [0.05, 0.1) is 47.1 Å². The van der Waals surface area contributed by atoms with Crippen molar-refractivity contribution in [3.63, 3.8) is 0 Å². The van der Waals surface area contributed by atoms with E-state index >= 15 is 0 Å². The molecule has 2 aromatic carbocycles. The molecule has 3 heterocycles. The molecule has 2 saturated heterocycles. The quantitative estimate of drug-likeness (QED) is 0.170. The first-order chi connectivity index (χ1) is 21.7. The zero-order chi connectivity index (χ0) is 33.0. The van der Waals surface area contributed by atoms with Crippen molar-refractivity contribution in [2.24, 2.45) is 17.8 Å². The second-order valence-corrected chi connectivity index (χ2v) is 11.8. The molecular weight excluding hydrogens is 614 g/mol. The van der Waals surface area contributed by atoms with Gasteiger partial charge in [-0.3, -0.25) is 14.6 Å². The first-order valence-electron chi connectivity index (χ1n) is 14.6. The number of imide groups is 1. The van der Waals surface area contributed by atoms with Crippen LogP contribution in [0, 0.1) is 17.8 Å². The van der Waals surface area contributed by atoms with Crippen molar-refractivity contribution < 1.29 is 45.8 Å². The number of alkyl halides is 6. The van der Waals surface area contributed by atoms with E-state index in [4.69, 9.17) is 4.74 Å². The van der Waals surface area contributed by atoms with E-state index in [0.29, 0.717) is 29.9 Å². The molecular formula is C34H28F6N2O4. The van der Waals surface area contributed by atoms with Gasteiger partial charge in [0, 0.05) is 12.1 Å². The number of aromatic nitrogens is 1. The number of anilines is 1. The molecule has 3 aromatic rings. The smallest absolute Gasteiger partial charge is 0.416 e. The van der Waals surface area contributed by atoms with Gasteiger partial charge in [-0.25, -0.2) is 4.90 Å². The van der Waals surface area contributed by atoms with Crippen LogP contribution in [-0.4, -0.2) is 34.6 Å². The summed E-state index contributed by atoms with van der Waals surface area (Å²) in [6, 6.07) is 13.0. The number of allylic oxidation sites excluding steroid dienone is 2. The van der Waals surface area contributed by atoms with Crippen molar-refractivity contribution in [2.75, 3.05) is 11.5 Å². The number of pyridine rings is 1. The van der Waals surface area contributed by atoms with Gasteiger partial charge < -0.3 is 9.84 Å². The standard InChI is InChI=1S/C34H28F6N2O4/c1-18-11-25-30(32(45)42(31(25)44)23-15-21(33(35,36)37)14-22(16-23)34(38,39)40)26-17-46-28(29(18)26)9-8-20(27-7-2-3-10-41-27)12-19-5-4-6-24(43)13-19/h2-7,10,12-16,25-26,28,30,43H,8-9,11,17H2,1H3/b20-12-/t25-,26+,28-,30-/m1/s1. The van der Waals surface area contributed by atoms with E-state index in [1.807, 2.05) is 31.2 Å². The minimum atomic E-state index is -5.13. The number of hydrogen-bond acceptors (Lipinski definition) is 5. The molecule has 3 aliphatic rings. The van der Waals surface area contributed by atoms with Crippen LogP contribution in [0.25, 0.3) is 11.6 Å². The Labute approximate surface area is 260 Å². The Kier molecular flexibility index (Phi) is 8.04. The zero-order valence-corrected chi connectivity index (χ0v) is 24.4. The molecule has 0 unspecified atom stereocenters. The Balaban J connectivity index is 1.27. The predicted molar refractivity (Wildman–Crippen MR) is 156 cm³/mol. The summed E-state index contributed by atoms with van der Waals surface area (Å²) in [5.41, 5.74) is 0.0486. The van der Waals surface area contributed by atoms with Gasteiger partial charge in [-0.15, -0.1) is 0 Å². The molecule has 2 amide bonds. The number of halogens is 6. The highest BCUT2D eigenvalue weighted by atomic mass is 19.4. The highest BCUT2D eigenvalue weighted by Gasteiger charge is 2.57. The third-order valence-corrected chi connectivity index (χ3v) is 8.86. The van der Waals surface area contributed by atoms with E-state index in [1.54, 1.807) is 30.5 Å². The zero-order valence-electron chi connectivity index (χ0n) is 24.4. The van der Waals surface area contributed by atoms with Crippen LogP contribution < -0.4 is 4.90 Å². The molecule has 0 bridgehead atoms. The molecule has 0 saturated carbocycles. The molecule has 6 rings (SSSR count). The Bertz CT molecular complexity index is 1720. The van der Waals surface area contributed by atoms with Crippen LogP contribution in [-0.2, 0) is 26.7 Å². The normalized spacial score (nSPS) is 23.6. The molecule has 2 fully saturated rings. The van der Waals surface area contributed by atoms with Gasteiger partial charge in [0.1, 0.15) is 5.75 Å². The summed E-state index contributed by atoms with van der Waals surface area (Å²) >= 11 is 0. The Hall–Kier alpha value is -4.45. The first-order valence-corrected chi connectivity index (χ1v) is 14.6.